The van der Waals surface area contributed by atoms with Crippen molar-refractivity contribution >= 4 is 35.5 Å². The topological polar surface area (TPSA) is 250 Å². The summed E-state index contributed by atoms with van der Waals surface area (Å²) < 4.78 is 0. The third-order valence-electron chi connectivity index (χ3n) is 6.29. The minimum absolute atomic E-state index is 0.0937. The highest BCUT2D eigenvalue weighted by molar-refractivity contribution is 5.95. The summed E-state index contributed by atoms with van der Waals surface area (Å²) in [5.41, 5.74) is 22.7. The van der Waals surface area contributed by atoms with Gasteiger partial charge in [-0.25, -0.2) is 0 Å². The average molecular weight is 574 g/mol. The third-order valence-corrected chi connectivity index (χ3v) is 6.29. The van der Waals surface area contributed by atoms with Gasteiger partial charge >= 0.3 is 0 Å². The van der Waals surface area contributed by atoms with Crippen LogP contribution in [0, 0.1) is 5.92 Å². The molecule has 0 aromatic heterocycles. The number of nitrogens with two attached hydrogens (primary N) is 4. The molecule has 0 radical (unpaired) electrons. The Hall–Kier alpha value is -4.46. The van der Waals surface area contributed by atoms with Crippen LogP contribution in [0.25, 0.3) is 0 Å². The molecule has 12 N–H and O–H groups in total. The molecule has 14 nitrogen and oxygen atoms in total. The van der Waals surface area contributed by atoms with E-state index < -0.39 is 60.2 Å². The Morgan fingerprint density at radius 1 is 0.976 bits per heavy atom. The first-order valence-corrected chi connectivity index (χ1v) is 13.3. The van der Waals surface area contributed by atoms with Gasteiger partial charge in [0.05, 0.1) is 12.6 Å². The maximum atomic E-state index is 13.0. The Kier molecular flexibility index (Phi) is 15.2. The summed E-state index contributed by atoms with van der Waals surface area (Å²) in [4.78, 5) is 66.5. The largest absolute Gasteiger partial charge is 0.370 e. The number of hydrogen-bond acceptors (Lipinski definition) is 7. The van der Waals surface area contributed by atoms with Crippen LogP contribution in [0.5, 0.6) is 0 Å². The number of carbonyl (C=O) groups is 5. The van der Waals surface area contributed by atoms with E-state index in [9.17, 15) is 24.0 Å². The van der Waals surface area contributed by atoms with E-state index in [4.69, 9.17) is 22.9 Å². The van der Waals surface area contributed by atoms with Crippen LogP contribution in [0.15, 0.2) is 48.0 Å². The molecule has 0 saturated carbocycles. The summed E-state index contributed by atoms with van der Waals surface area (Å²) in [6, 6.07) is 5.12. The molecule has 1 aromatic carbocycles. The minimum Gasteiger partial charge on any atom is -0.370 e. The molecule has 0 aliphatic rings. The molecule has 1 unspecified atom stereocenters. The van der Waals surface area contributed by atoms with Crippen LogP contribution in [0.4, 0.5) is 0 Å². The van der Waals surface area contributed by atoms with Gasteiger partial charge in [0, 0.05) is 6.54 Å². The summed E-state index contributed by atoms with van der Waals surface area (Å²) >= 11 is 0. The first-order chi connectivity index (χ1) is 19.4. The fraction of sp³-hybridized carbons (Fsp3) is 0.481. The Balaban J connectivity index is 2.73. The van der Waals surface area contributed by atoms with E-state index in [0.717, 1.165) is 5.56 Å². The zero-order valence-corrected chi connectivity index (χ0v) is 23.6. The van der Waals surface area contributed by atoms with Gasteiger partial charge in [-0.15, -0.1) is 6.58 Å². The van der Waals surface area contributed by atoms with E-state index in [1.807, 2.05) is 37.3 Å². The molecule has 0 bridgehead atoms. The van der Waals surface area contributed by atoms with E-state index in [-0.39, 0.29) is 31.3 Å². The third kappa shape index (κ3) is 13.0. The van der Waals surface area contributed by atoms with Crippen molar-refractivity contribution in [1.82, 2.24) is 21.3 Å². The second-order valence-electron chi connectivity index (χ2n) is 9.58. The molecule has 1 aromatic rings. The van der Waals surface area contributed by atoms with Gasteiger partial charge in [-0.05, 0) is 30.7 Å². The van der Waals surface area contributed by atoms with Gasteiger partial charge in [0.2, 0.25) is 29.5 Å². The maximum absolute atomic E-state index is 13.0. The van der Waals surface area contributed by atoms with Crippen molar-refractivity contribution in [1.29, 1.82) is 0 Å². The normalized spacial score (nSPS) is 14.2. The van der Waals surface area contributed by atoms with Gasteiger partial charge in [-0.1, -0.05) is 56.7 Å². The van der Waals surface area contributed by atoms with Crippen LogP contribution in [-0.4, -0.2) is 72.8 Å². The van der Waals surface area contributed by atoms with Crippen LogP contribution in [0.1, 0.15) is 38.7 Å². The van der Waals surface area contributed by atoms with Crippen molar-refractivity contribution in [3.05, 3.63) is 48.6 Å². The molecule has 1 rings (SSSR count). The minimum atomic E-state index is -1.15. The number of aliphatic imine (C=N–C) groups is 1. The highest BCUT2D eigenvalue weighted by Gasteiger charge is 2.30. The van der Waals surface area contributed by atoms with Gasteiger partial charge in [-0.3, -0.25) is 29.0 Å². The number of benzene rings is 1. The van der Waals surface area contributed by atoms with Crippen LogP contribution in [0.2, 0.25) is 0 Å². The quantitative estimate of drug-likeness (QED) is 0.0417. The zero-order chi connectivity index (χ0) is 30.9. The summed E-state index contributed by atoms with van der Waals surface area (Å²) in [5, 5.41) is 10.1. The Morgan fingerprint density at radius 3 is 2.20 bits per heavy atom. The number of nitrogens with zero attached hydrogens (tertiary/aromatic N) is 1. The maximum Gasteiger partial charge on any atom is 0.247 e. The Labute approximate surface area is 240 Å². The number of hydrogen-bond donors (Lipinski definition) is 8. The molecule has 5 atom stereocenters. The molecule has 0 aliphatic carbocycles. The summed E-state index contributed by atoms with van der Waals surface area (Å²) in [6.07, 6.45) is 2.61. The van der Waals surface area contributed by atoms with Crippen LogP contribution < -0.4 is 44.2 Å². The van der Waals surface area contributed by atoms with Crippen molar-refractivity contribution in [3.63, 3.8) is 0 Å². The first-order valence-electron chi connectivity index (χ1n) is 13.3. The first kappa shape index (κ1) is 34.6. The predicted octanol–water partition coefficient (Wildman–Crippen LogP) is -2.10. The Morgan fingerprint density at radius 2 is 1.63 bits per heavy atom. The van der Waals surface area contributed by atoms with E-state index in [1.54, 1.807) is 6.92 Å². The molecule has 0 spiro atoms. The number of rotatable bonds is 18. The predicted molar refractivity (Wildman–Crippen MR) is 156 cm³/mol. The molecular weight excluding hydrogens is 530 g/mol. The molecule has 0 fully saturated rings. The average Bonchev–Trinajstić information content (AvgIpc) is 2.94. The van der Waals surface area contributed by atoms with Crippen molar-refractivity contribution in [2.24, 2.45) is 33.8 Å². The number of carbonyl (C=O) groups excluding carboxylic acids is 5. The molecular formula is C27H43N9O5. The monoisotopic (exact) mass is 573 g/mol. The van der Waals surface area contributed by atoms with E-state index >= 15 is 0 Å². The fourth-order valence-electron chi connectivity index (χ4n) is 3.71. The highest BCUT2D eigenvalue weighted by Crippen LogP contribution is 2.09. The lowest BCUT2D eigenvalue weighted by Gasteiger charge is -2.26. The number of nitrogens with one attached hydrogen (secondary N) is 4. The lowest BCUT2D eigenvalue weighted by atomic mass is 9.97. The molecule has 0 heterocycles. The summed E-state index contributed by atoms with van der Waals surface area (Å²) in [6.45, 7) is 6.98. The smallest absolute Gasteiger partial charge is 0.247 e. The van der Waals surface area contributed by atoms with Gasteiger partial charge in [0.25, 0.3) is 0 Å². The van der Waals surface area contributed by atoms with Crippen molar-refractivity contribution in [2.45, 2.75) is 63.7 Å². The van der Waals surface area contributed by atoms with Crippen LogP contribution >= 0.6 is 0 Å². The van der Waals surface area contributed by atoms with Crippen LogP contribution in [-0.2, 0) is 30.4 Å². The highest BCUT2D eigenvalue weighted by atomic mass is 16.2. The SMILES string of the molecule is C=CC(NC(=O)[C@@H](N)Cc1ccccc1)C(=O)N[C@H](C(=O)NCC(=O)N[C@@H](CCCN=C(N)N)C(N)=O)[C@@H](C)CC. The molecule has 0 saturated heterocycles. The van der Waals surface area contributed by atoms with E-state index in [0.29, 0.717) is 12.8 Å². The van der Waals surface area contributed by atoms with E-state index in [2.05, 4.69) is 32.8 Å². The van der Waals surface area contributed by atoms with Crippen molar-refractivity contribution < 1.29 is 24.0 Å². The zero-order valence-electron chi connectivity index (χ0n) is 23.6. The van der Waals surface area contributed by atoms with Crippen LogP contribution in [0.3, 0.4) is 0 Å². The van der Waals surface area contributed by atoms with Gasteiger partial charge in [0.1, 0.15) is 18.1 Å². The second-order valence-corrected chi connectivity index (χ2v) is 9.58. The lowest BCUT2D eigenvalue weighted by Crippen LogP contribution is -2.57. The van der Waals surface area contributed by atoms with Crippen molar-refractivity contribution in [2.75, 3.05) is 13.1 Å². The molecule has 41 heavy (non-hydrogen) atoms. The number of primary amides is 1. The molecule has 226 valence electrons. The van der Waals surface area contributed by atoms with Crippen molar-refractivity contribution in [3.8, 4) is 0 Å². The van der Waals surface area contributed by atoms with Gasteiger partial charge in [0.15, 0.2) is 5.96 Å². The molecule has 5 amide bonds. The Bertz CT molecular complexity index is 1080. The lowest BCUT2D eigenvalue weighted by molar-refractivity contribution is -0.133. The number of amides is 5. The molecule has 0 aliphatic heterocycles. The number of guanidine groups is 1. The van der Waals surface area contributed by atoms with E-state index in [1.165, 1.54) is 6.08 Å². The van der Waals surface area contributed by atoms with Gasteiger partial charge < -0.3 is 44.2 Å². The standard InChI is InChI=1S/C27H43N9O5/c1-4-16(3)22(26(41)33-15-21(37)34-20(23(29)38)12-9-13-32-27(30)31)36-25(40)19(5-2)35-24(39)18(28)14-17-10-7-6-8-11-17/h5-8,10-11,16,18-20,22H,2,4,9,12-15,28H2,1,3H3,(H2,29,38)(H,33,41)(H,34,37)(H,35,39)(H,36,40)(H4,30,31,32)/t16-,18-,19?,20-,22-/m0/s1. The summed E-state index contributed by atoms with van der Waals surface area (Å²) in [7, 11) is 0. The van der Waals surface area contributed by atoms with Gasteiger partial charge in [-0.2, -0.15) is 0 Å². The summed E-state index contributed by atoms with van der Waals surface area (Å²) in [5.74, 6) is -3.67. The molecule has 14 heteroatoms. The second kappa shape index (κ2) is 18.0. The fourth-order valence-corrected chi connectivity index (χ4v) is 3.71.